The van der Waals surface area contributed by atoms with Crippen molar-refractivity contribution in [2.24, 2.45) is 0 Å². The fraction of sp³-hybridized carbons (Fsp3) is 0.174. The normalized spacial score (nSPS) is 9.71. The largest absolute Gasteiger partial charge is 0.497 e. The van der Waals surface area contributed by atoms with Crippen molar-refractivity contribution in [1.29, 1.82) is 0 Å². The monoisotopic (exact) mass is 396 g/mol. The SMILES string of the molecule is CCS.COc1ccc(C(=O)Oc2ccc(-c3ccc(OC)cc3)cc2)cc1. The number of carbonyl (C=O) groups is 1. The lowest BCUT2D eigenvalue weighted by Crippen LogP contribution is -2.08. The number of hydrogen-bond donors (Lipinski definition) is 1. The quantitative estimate of drug-likeness (QED) is 0.350. The number of esters is 1. The highest BCUT2D eigenvalue weighted by Crippen LogP contribution is 2.25. The first kappa shape index (κ1) is 21.4. The summed E-state index contributed by atoms with van der Waals surface area (Å²) in [5.74, 6) is 2.55. The second kappa shape index (κ2) is 11.0. The van der Waals surface area contributed by atoms with Crippen LogP contribution < -0.4 is 14.2 Å². The van der Waals surface area contributed by atoms with Gasteiger partial charge >= 0.3 is 5.97 Å². The summed E-state index contributed by atoms with van der Waals surface area (Å²) < 4.78 is 15.6. The van der Waals surface area contributed by atoms with E-state index in [1.54, 1.807) is 50.6 Å². The van der Waals surface area contributed by atoms with E-state index in [2.05, 4.69) is 12.6 Å². The molecule has 0 aliphatic carbocycles. The lowest BCUT2D eigenvalue weighted by atomic mass is 10.1. The van der Waals surface area contributed by atoms with Gasteiger partial charge in [-0.15, -0.1) is 0 Å². The highest BCUT2D eigenvalue weighted by atomic mass is 32.1. The Morgan fingerprint density at radius 3 is 1.46 bits per heavy atom. The van der Waals surface area contributed by atoms with E-state index in [1.807, 2.05) is 43.3 Å². The molecule has 4 nitrogen and oxygen atoms in total. The first-order valence-corrected chi connectivity index (χ1v) is 9.46. The maximum Gasteiger partial charge on any atom is 0.343 e. The van der Waals surface area contributed by atoms with Crippen LogP contribution in [-0.4, -0.2) is 25.9 Å². The maximum atomic E-state index is 12.2. The van der Waals surface area contributed by atoms with Gasteiger partial charge in [0.25, 0.3) is 0 Å². The molecule has 0 saturated carbocycles. The number of ether oxygens (including phenoxy) is 3. The molecule has 146 valence electrons. The number of benzene rings is 3. The molecule has 0 spiro atoms. The van der Waals surface area contributed by atoms with Gasteiger partial charge in [0.2, 0.25) is 0 Å². The highest BCUT2D eigenvalue weighted by Gasteiger charge is 2.09. The van der Waals surface area contributed by atoms with Gasteiger partial charge in [-0.05, 0) is 65.4 Å². The third-order valence-electron chi connectivity index (χ3n) is 3.81. The Hall–Kier alpha value is -2.92. The molecule has 0 N–H and O–H groups in total. The van der Waals surface area contributed by atoms with Crippen LogP contribution in [0, 0.1) is 0 Å². The minimum atomic E-state index is -0.403. The maximum absolute atomic E-state index is 12.2. The average molecular weight is 397 g/mol. The summed E-state index contributed by atoms with van der Waals surface area (Å²) in [5, 5.41) is 0. The van der Waals surface area contributed by atoms with Crippen LogP contribution in [0.3, 0.4) is 0 Å². The van der Waals surface area contributed by atoms with Crippen molar-refractivity contribution in [1.82, 2.24) is 0 Å². The number of rotatable bonds is 5. The van der Waals surface area contributed by atoms with Crippen molar-refractivity contribution in [3.63, 3.8) is 0 Å². The van der Waals surface area contributed by atoms with Crippen molar-refractivity contribution in [2.75, 3.05) is 20.0 Å². The van der Waals surface area contributed by atoms with Crippen molar-refractivity contribution in [2.45, 2.75) is 6.92 Å². The van der Waals surface area contributed by atoms with Gasteiger partial charge in [0, 0.05) is 0 Å². The van der Waals surface area contributed by atoms with Crippen LogP contribution in [0.2, 0.25) is 0 Å². The standard InChI is InChI=1S/C21H18O4.C2H6S/c1-23-18-9-3-15(4-10-18)16-5-13-20(14-6-16)25-21(22)17-7-11-19(24-2)12-8-17;1-2-3/h3-14H,1-2H3;3H,2H2,1H3. The zero-order valence-electron chi connectivity index (χ0n) is 16.2. The van der Waals surface area contributed by atoms with Gasteiger partial charge in [-0.1, -0.05) is 31.2 Å². The summed E-state index contributed by atoms with van der Waals surface area (Å²) in [4.78, 5) is 12.2. The van der Waals surface area contributed by atoms with Gasteiger partial charge in [-0.25, -0.2) is 4.79 Å². The summed E-state index contributed by atoms with van der Waals surface area (Å²) in [6, 6.07) is 22.0. The molecule has 0 aliphatic rings. The minimum Gasteiger partial charge on any atom is -0.497 e. The lowest BCUT2D eigenvalue weighted by molar-refractivity contribution is 0.0734. The zero-order chi connectivity index (χ0) is 20.4. The van der Waals surface area contributed by atoms with Gasteiger partial charge < -0.3 is 14.2 Å². The van der Waals surface area contributed by atoms with Crippen molar-refractivity contribution < 1.29 is 19.0 Å². The third-order valence-corrected chi connectivity index (χ3v) is 3.81. The van der Waals surface area contributed by atoms with E-state index < -0.39 is 5.97 Å². The average Bonchev–Trinajstić information content (AvgIpc) is 2.75. The fourth-order valence-electron chi connectivity index (χ4n) is 2.39. The number of carbonyl (C=O) groups excluding carboxylic acids is 1. The van der Waals surface area contributed by atoms with Gasteiger partial charge in [0.1, 0.15) is 17.2 Å². The Morgan fingerprint density at radius 1 is 0.714 bits per heavy atom. The molecule has 0 amide bonds. The van der Waals surface area contributed by atoms with Crippen LogP contribution in [0.4, 0.5) is 0 Å². The van der Waals surface area contributed by atoms with E-state index in [9.17, 15) is 4.79 Å². The number of thiol groups is 1. The Labute approximate surface area is 171 Å². The topological polar surface area (TPSA) is 44.8 Å². The molecule has 3 rings (SSSR count). The second-order valence-electron chi connectivity index (χ2n) is 5.69. The van der Waals surface area contributed by atoms with E-state index in [0.717, 1.165) is 22.6 Å². The second-order valence-corrected chi connectivity index (χ2v) is 6.32. The molecule has 0 bridgehead atoms. The van der Waals surface area contributed by atoms with Crippen LogP contribution in [0.15, 0.2) is 72.8 Å². The molecule has 0 heterocycles. The predicted octanol–water partition coefficient (Wildman–Crippen LogP) is 5.53. The van der Waals surface area contributed by atoms with Gasteiger partial charge in [0.15, 0.2) is 0 Å². The molecular formula is C23H24O4S. The van der Waals surface area contributed by atoms with Crippen LogP contribution in [0.5, 0.6) is 17.2 Å². The summed E-state index contributed by atoms with van der Waals surface area (Å²) in [7, 11) is 3.22. The molecule has 28 heavy (non-hydrogen) atoms. The number of methoxy groups -OCH3 is 2. The van der Waals surface area contributed by atoms with E-state index in [0.29, 0.717) is 17.1 Å². The molecule has 0 fully saturated rings. The first-order valence-electron chi connectivity index (χ1n) is 8.82. The lowest BCUT2D eigenvalue weighted by Gasteiger charge is -2.07. The molecule has 0 aliphatic heterocycles. The molecule has 0 atom stereocenters. The van der Waals surface area contributed by atoms with Gasteiger partial charge in [0.05, 0.1) is 19.8 Å². The minimum absolute atomic E-state index is 0.403. The molecule has 3 aromatic rings. The Balaban J connectivity index is 0.000000878. The molecule has 0 unspecified atom stereocenters. The smallest absolute Gasteiger partial charge is 0.343 e. The highest BCUT2D eigenvalue weighted by molar-refractivity contribution is 7.80. The summed E-state index contributed by atoms with van der Waals surface area (Å²) in [6.07, 6.45) is 0. The molecular weight excluding hydrogens is 372 g/mol. The van der Waals surface area contributed by atoms with E-state index in [1.165, 1.54) is 0 Å². The fourth-order valence-corrected chi connectivity index (χ4v) is 2.39. The Bertz CT molecular complexity index is 857. The molecule has 0 aromatic heterocycles. The number of hydrogen-bond acceptors (Lipinski definition) is 5. The first-order chi connectivity index (χ1) is 13.6. The van der Waals surface area contributed by atoms with E-state index in [4.69, 9.17) is 14.2 Å². The summed E-state index contributed by atoms with van der Waals surface area (Å²) in [5.41, 5.74) is 2.57. The van der Waals surface area contributed by atoms with E-state index in [-0.39, 0.29) is 0 Å². The Morgan fingerprint density at radius 2 is 1.07 bits per heavy atom. The summed E-state index contributed by atoms with van der Waals surface area (Å²) >= 11 is 3.79. The van der Waals surface area contributed by atoms with Crippen LogP contribution in [-0.2, 0) is 0 Å². The predicted molar refractivity (Wildman–Crippen MR) is 116 cm³/mol. The summed E-state index contributed by atoms with van der Waals surface area (Å²) in [6.45, 7) is 1.99. The zero-order valence-corrected chi connectivity index (χ0v) is 17.1. The molecule has 5 heteroatoms. The van der Waals surface area contributed by atoms with Crippen LogP contribution in [0.1, 0.15) is 17.3 Å². The van der Waals surface area contributed by atoms with Crippen LogP contribution >= 0.6 is 12.6 Å². The van der Waals surface area contributed by atoms with Crippen LogP contribution in [0.25, 0.3) is 11.1 Å². The van der Waals surface area contributed by atoms with E-state index >= 15 is 0 Å². The molecule has 0 radical (unpaired) electrons. The van der Waals surface area contributed by atoms with Crippen molar-refractivity contribution in [3.8, 4) is 28.4 Å². The molecule has 3 aromatic carbocycles. The molecule has 0 saturated heterocycles. The van der Waals surface area contributed by atoms with Gasteiger partial charge in [-0.2, -0.15) is 12.6 Å². The van der Waals surface area contributed by atoms with Crippen molar-refractivity contribution >= 4 is 18.6 Å². The Kier molecular flexibility index (Phi) is 8.43. The van der Waals surface area contributed by atoms with Crippen molar-refractivity contribution in [3.05, 3.63) is 78.4 Å². The van der Waals surface area contributed by atoms with Gasteiger partial charge in [-0.3, -0.25) is 0 Å². The third kappa shape index (κ3) is 6.06.